The van der Waals surface area contributed by atoms with E-state index in [0.717, 1.165) is 17.5 Å². The highest BCUT2D eigenvalue weighted by Crippen LogP contribution is 2.23. The van der Waals surface area contributed by atoms with Crippen LogP contribution >= 0.6 is 12.2 Å². The molecule has 1 aliphatic heterocycles. The fourth-order valence-corrected chi connectivity index (χ4v) is 3.05. The Hall–Kier alpha value is -2.70. The minimum absolute atomic E-state index is 0.131. The van der Waals surface area contributed by atoms with E-state index in [2.05, 4.69) is 5.32 Å². The van der Waals surface area contributed by atoms with Crippen LogP contribution in [0.2, 0.25) is 0 Å². The Morgan fingerprint density at radius 2 is 1.85 bits per heavy atom. The van der Waals surface area contributed by atoms with Crippen molar-refractivity contribution in [3.8, 4) is 5.75 Å². The van der Waals surface area contributed by atoms with Crippen LogP contribution in [0.1, 0.15) is 17.5 Å². The monoisotopic (exact) mass is 382 g/mol. The summed E-state index contributed by atoms with van der Waals surface area (Å²) >= 11 is 5.29. The molecule has 2 aromatic carbocycles. The summed E-state index contributed by atoms with van der Waals surface area (Å²) in [5, 5.41) is 3.42. The molecule has 0 radical (unpaired) electrons. The Kier molecular flexibility index (Phi) is 6.57. The molecule has 3 rings (SSSR count). The van der Waals surface area contributed by atoms with E-state index in [1.54, 1.807) is 18.1 Å². The molecule has 0 aromatic heterocycles. The lowest BCUT2D eigenvalue weighted by molar-refractivity contribution is -0.122. The molecule has 0 atom stereocenters. The number of carbonyl (C=O) groups is 1. The maximum Gasteiger partial charge on any atom is 0.276 e. The van der Waals surface area contributed by atoms with Gasteiger partial charge < -0.3 is 14.8 Å². The van der Waals surface area contributed by atoms with Gasteiger partial charge in [-0.15, -0.1) is 0 Å². The van der Waals surface area contributed by atoms with Crippen molar-refractivity contribution in [2.75, 3.05) is 20.3 Å². The van der Waals surface area contributed by atoms with Gasteiger partial charge >= 0.3 is 0 Å². The van der Waals surface area contributed by atoms with Crippen LogP contribution < -0.4 is 10.1 Å². The van der Waals surface area contributed by atoms with Gasteiger partial charge in [-0.2, -0.15) is 0 Å². The number of carbonyl (C=O) groups excluding carboxylic acids is 1. The molecule has 0 bridgehead atoms. The summed E-state index contributed by atoms with van der Waals surface area (Å²) in [4.78, 5) is 14.2. The van der Waals surface area contributed by atoms with Crippen molar-refractivity contribution in [1.29, 1.82) is 0 Å². The molecule has 6 heteroatoms. The Morgan fingerprint density at radius 1 is 1.11 bits per heavy atom. The Balaban J connectivity index is 1.73. The predicted octanol–water partition coefficient (Wildman–Crippen LogP) is 3.36. The summed E-state index contributed by atoms with van der Waals surface area (Å²) in [6.45, 7) is 1.58. The third-order valence-corrected chi connectivity index (χ3v) is 4.47. The van der Waals surface area contributed by atoms with Gasteiger partial charge in [0.25, 0.3) is 5.91 Å². The molecule has 0 saturated carbocycles. The van der Waals surface area contributed by atoms with E-state index >= 15 is 0 Å². The van der Waals surface area contributed by atoms with Crippen LogP contribution in [-0.4, -0.2) is 36.2 Å². The van der Waals surface area contributed by atoms with Gasteiger partial charge in [-0.05, 0) is 36.3 Å². The zero-order valence-corrected chi connectivity index (χ0v) is 16.0. The summed E-state index contributed by atoms with van der Waals surface area (Å²) in [7, 11) is 1.64. The van der Waals surface area contributed by atoms with Crippen LogP contribution in [0.5, 0.6) is 5.75 Å². The standard InChI is InChI=1S/C21H22N2O3S/c1-25-13-7-12-23-20(24)18(22-21(23)27)14-17-10-5-6-11-19(17)26-15-16-8-3-2-4-9-16/h2-6,8-11,14H,7,12-13,15H2,1H3,(H,22,27)/b18-14+. The van der Waals surface area contributed by atoms with Gasteiger partial charge in [-0.3, -0.25) is 9.69 Å². The van der Waals surface area contributed by atoms with Gasteiger partial charge in [-0.25, -0.2) is 0 Å². The van der Waals surface area contributed by atoms with Crippen LogP contribution in [0.25, 0.3) is 6.08 Å². The lowest BCUT2D eigenvalue weighted by Crippen LogP contribution is -2.32. The Bertz CT molecular complexity index is 836. The fraction of sp³-hybridized carbons (Fsp3) is 0.238. The average molecular weight is 382 g/mol. The van der Waals surface area contributed by atoms with E-state index in [1.165, 1.54) is 0 Å². The molecule has 1 N–H and O–H groups in total. The largest absolute Gasteiger partial charge is 0.488 e. The van der Waals surface area contributed by atoms with Crippen molar-refractivity contribution in [3.63, 3.8) is 0 Å². The molecule has 0 unspecified atom stereocenters. The van der Waals surface area contributed by atoms with Gasteiger partial charge in [-0.1, -0.05) is 48.5 Å². The highest BCUT2D eigenvalue weighted by atomic mass is 32.1. The molecule has 27 heavy (non-hydrogen) atoms. The number of hydrogen-bond acceptors (Lipinski definition) is 4. The number of nitrogens with zero attached hydrogens (tertiary/aromatic N) is 1. The van der Waals surface area contributed by atoms with Crippen molar-refractivity contribution in [2.45, 2.75) is 13.0 Å². The van der Waals surface area contributed by atoms with E-state index in [4.69, 9.17) is 21.7 Å². The number of ether oxygens (including phenoxy) is 2. The van der Waals surface area contributed by atoms with Crippen LogP contribution in [0.15, 0.2) is 60.3 Å². The third-order valence-electron chi connectivity index (χ3n) is 4.15. The summed E-state index contributed by atoms with van der Waals surface area (Å²) in [5.41, 5.74) is 2.36. The van der Waals surface area contributed by atoms with E-state index in [1.807, 2.05) is 54.6 Å². The number of amides is 1. The SMILES string of the molecule is COCCCN1C(=O)/C(=C\c2ccccc2OCc2ccccc2)NC1=S. The second-order valence-corrected chi connectivity index (χ2v) is 6.49. The number of methoxy groups -OCH3 is 1. The zero-order valence-electron chi connectivity index (χ0n) is 15.2. The maximum absolute atomic E-state index is 12.6. The summed E-state index contributed by atoms with van der Waals surface area (Å²) in [5.74, 6) is 0.584. The molecule has 0 spiro atoms. The first-order valence-corrected chi connectivity index (χ1v) is 9.19. The fourth-order valence-electron chi connectivity index (χ4n) is 2.76. The first-order chi connectivity index (χ1) is 13.2. The molecule has 2 aromatic rings. The average Bonchev–Trinajstić information content (AvgIpc) is 2.95. The Morgan fingerprint density at radius 3 is 2.63 bits per heavy atom. The minimum atomic E-state index is -0.131. The number of rotatable bonds is 8. The van der Waals surface area contributed by atoms with Crippen LogP contribution in [0.3, 0.4) is 0 Å². The Labute approximate surface area is 164 Å². The molecule has 1 amide bonds. The topological polar surface area (TPSA) is 50.8 Å². The third kappa shape index (κ3) is 4.93. The maximum atomic E-state index is 12.6. The number of nitrogens with one attached hydrogen (secondary N) is 1. The van der Waals surface area contributed by atoms with Crippen LogP contribution in [0.4, 0.5) is 0 Å². The van der Waals surface area contributed by atoms with Gasteiger partial charge in [0.15, 0.2) is 5.11 Å². The zero-order chi connectivity index (χ0) is 19.1. The van der Waals surface area contributed by atoms with E-state index in [0.29, 0.717) is 36.3 Å². The van der Waals surface area contributed by atoms with Gasteiger partial charge in [0.2, 0.25) is 0 Å². The number of thiocarbonyl (C=S) groups is 1. The molecule has 5 nitrogen and oxygen atoms in total. The second-order valence-electron chi connectivity index (χ2n) is 6.10. The lowest BCUT2D eigenvalue weighted by Gasteiger charge is -2.13. The highest BCUT2D eigenvalue weighted by Gasteiger charge is 2.30. The summed E-state index contributed by atoms with van der Waals surface area (Å²) < 4.78 is 11.0. The normalized spacial score (nSPS) is 15.3. The lowest BCUT2D eigenvalue weighted by atomic mass is 10.1. The number of para-hydroxylation sites is 1. The first-order valence-electron chi connectivity index (χ1n) is 8.78. The summed E-state index contributed by atoms with van der Waals surface area (Å²) in [6.07, 6.45) is 2.51. The highest BCUT2D eigenvalue weighted by molar-refractivity contribution is 7.80. The van der Waals surface area contributed by atoms with E-state index < -0.39 is 0 Å². The number of hydrogen-bond donors (Lipinski definition) is 1. The molecule has 140 valence electrons. The van der Waals surface area contributed by atoms with Crippen LogP contribution in [0, 0.1) is 0 Å². The van der Waals surface area contributed by atoms with Crippen molar-refractivity contribution >= 4 is 29.3 Å². The van der Waals surface area contributed by atoms with Gasteiger partial charge in [0.05, 0.1) is 0 Å². The quantitative estimate of drug-likeness (QED) is 0.431. The van der Waals surface area contributed by atoms with Crippen molar-refractivity contribution < 1.29 is 14.3 Å². The molecular formula is C21H22N2O3S. The predicted molar refractivity (Wildman–Crippen MR) is 109 cm³/mol. The molecule has 1 heterocycles. The molecular weight excluding hydrogens is 360 g/mol. The molecule has 0 aliphatic carbocycles. The van der Waals surface area contributed by atoms with Gasteiger partial charge in [0, 0.05) is 25.8 Å². The van der Waals surface area contributed by atoms with Crippen molar-refractivity contribution in [1.82, 2.24) is 10.2 Å². The van der Waals surface area contributed by atoms with Crippen molar-refractivity contribution in [3.05, 3.63) is 71.4 Å². The van der Waals surface area contributed by atoms with Gasteiger partial charge in [0.1, 0.15) is 18.1 Å². The first kappa shape index (κ1) is 19.1. The molecule has 1 aliphatic rings. The number of benzene rings is 2. The van der Waals surface area contributed by atoms with Crippen LogP contribution in [-0.2, 0) is 16.1 Å². The van der Waals surface area contributed by atoms with E-state index in [-0.39, 0.29) is 5.91 Å². The van der Waals surface area contributed by atoms with E-state index in [9.17, 15) is 4.79 Å². The smallest absolute Gasteiger partial charge is 0.276 e. The molecule has 1 fully saturated rings. The molecule has 1 saturated heterocycles. The second kappa shape index (κ2) is 9.30. The minimum Gasteiger partial charge on any atom is -0.488 e. The van der Waals surface area contributed by atoms with Crippen molar-refractivity contribution in [2.24, 2.45) is 0 Å². The summed E-state index contributed by atoms with van der Waals surface area (Å²) in [6, 6.07) is 17.6.